The Balaban J connectivity index is 1.50. The van der Waals surface area contributed by atoms with E-state index in [-0.39, 0.29) is 5.41 Å². The Hall–Kier alpha value is -4.73. The van der Waals surface area contributed by atoms with Gasteiger partial charge in [-0.05, 0) is 68.5 Å². The van der Waals surface area contributed by atoms with Crippen molar-refractivity contribution in [1.82, 2.24) is 24.7 Å². The monoisotopic (exact) mass is 676 g/mol. The Morgan fingerprint density at radius 1 is 0.896 bits per heavy atom. The zero-order valence-electron chi connectivity index (χ0n) is 28.5. The van der Waals surface area contributed by atoms with Crippen molar-refractivity contribution in [3.8, 4) is 5.13 Å². The van der Waals surface area contributed by atoms with E-state index in [9.17, 15) is 0 Å². The standard InChI is InChI=1S/C36H40N10S2/c1-9-12-21-45(34-38-24-17-13-15-19-26(24)47-34)28-22-23(4)29(32(40-28)44(10-2)11-3)41-42-33-30(37-8)31(36(5,6)7)43-46(33)35-39-25-18-14-16-20-27(25)48-35/h13-20,22H,9-12,21H2,1-7H3. The fourth-order valence-electron chi connectivity index (χ4n) is 5.52. The quantitative estimate of drug-likeness (QED) is 0.100. The lowest BCUT2D eigenvalue weighted by molar-refractivity contribution is 0.562. The van der Waals surface area contributed by atoms with Gasteiger partial charge in [0.2, 0.25) is 5.13 Å². The van der Waals surface area contributed by atoms with Crippen LogP contribution in [0.15, 0.2) is 64.8 Å². The van der Waals surface area contributed by atoms with Gasteiger partial charge >= 0.3 is 0 Å². The molecule has 0 fully saturated rings. The molecule has 0 radical (unpaired) electrons. The molecule has 0 amide bonds. The molecule has 2 aromatic carbocycles. The molecule has 0 saturated carbocycles. The second-order valence-corrected chi connectivity index (χ2v) is 14.6. The molecule has 0 aliphatic rings. The van der Waals surface area contributed by atoms with E-state index in [0.717, 1.165) is 75.2 Å². The number of rotatable bonds is 11. The molecule has 6 rings (SSSR count). The van der Waals surface area contributed by atoms with Gasteiger partial charge in [-0.3, -0.25) is 0 Å². The van der Waals surface area contributed by atoms with Crippen LogP contribution < -0.4 is 9.80 Å². The molecule has 246 valence electrons. The van der Waals surface area contributed by atoms with Gasteiger partial charge in [0.1, 0.15) is 11.5 Å². The minimum atomic E-state index is -0.389. The van der Waals surface area contributed by atoms with Crippen LogP contribution in [0.3, 0.4) is 0 Å². The first-order chi connectivity index (χ1) is 23.2. The highest BCUT2D eigenvalue weighted by Crippen LogP contribution is 2.44. The highest BCUT2D eigenvalue weighted by Gasteiger charge is 2.29. The number of thiazole rings is 2. The zero-order chi connectivity index (χ0) is 34.0. The van der Waals surface area contributed by atoms with Gasteiger partial charge in [-0.25, -0.2) is 19.8 Å². The van der Waals surface area contributed by atoms with Crippen LogP contribution in [0.5, 0.6) is 0 Å². The summed E-state index contributed by atoms with van der Waals surface area (Å²) in [6.45, 7) is 25.1. The minimum absolute atomic E-state index is 0.363. The van der Waals surface area contributed by atoms with E-state index in [2.05, 4.69) is 74.4 Å². The first-order valence-corrected chi connectivity index (χ1v) is 18.0. The molecule has 6 aromatic rings. The van der Waals surface area contributed by atoms with E-state index in [0.29, 0.717) is 28.0 Å². The number of aryl methyl sites for hydroxylation is 1. The van der Waals surface area contributed by atoms with E-state index in [1.165, 1.54) is 11.3 Å². The molecule has 10 nitrogen and oxygen atoms in total. The molecule has 0 saturated heterocycles. The Morgan fingerprint density at radius 2 is 1.56 bits per heavy atom. The van der Waals surface area contributed by atoms with Crippen LogP contribution in [0.4, 0.5) is 34.0 Å². The van der Waals surface area contributed by atoms with Crippen molar-refractivity contribution in [1.29, 1.82) is 0 Å². The molecular formula is C36H40N10S2. The molecule has 12 heteroatoms. The van der Waals surface area contributed by atoms with E-state index >= 15 is 0 Å². The van der Waals surface area contributed by atoms with Crippen molar-refractivity contribution < 1.29 is 0 Å². The number of fused-ring (bicyclic) bond motifs is 2. The van der Waals surface area contributed by atoms with Crippen LogP contribution >= 0.6 is 22.7 Å². The predicted molar refractivity (Wildman–Crippen MR) is 200 cm³/mol. The minimum Gasteiger partial charge on any atom is -0.355 e. The number of hydrogen-bond donors (Lipinski definition) is 0. The second-order valence-electron chi connectivity index (χ2n) is 12.6. The average molecular weight is 677 g/mol. The van der Waals surface area contributed by atoms with Crippen molar-refractivity contribution in [3.05, 3.63) is 77.3 Å². The summed E-state index contributed by atoms with van der Waals surface area (Å²) in [6.07, 6.45) is 2.06. The summed E-state index contributed by atoms with van der Waals surface area (Å²) in [6, 6.07) is 18.3. The lowest BCUT2D eigenvalue weighted by atomic mass is 9.91. The molecule has 0 aliphatic heterocycles. The Bertz CT molecular complexity index is 2070. The van der Waals surface area contributed by atoms with E-state index in [1.807, 2.05) is 43.3 Å². The van der Waals surface area contributed by atoms with Crippen molar-refractivity contribution in [2.45, 2.75) is 66.7 Å². The maximum Gasteiger partial charge on any atom is 0.255 e. The molecule has 0 aliphatic carbocycles. The maximum absolute atomic E-state index is 8.16. The smallest absolute Gasteiger partial charge is 0.255 e. The second kappa shape index (κ2) is 13.8. The van der Waals surface area contributed by atoms with Crippen LogP contribution in [0.1, 0.15) is 65.6 Å². The van der Waals surface area contributed by atoms with Crippen LogP contribution in [-0.4, -0.2) is 44.4 Å². The van der Waals surface area contributed by atoms with E-state index in [4.69, 9.17) is 36.9 Å². The maximum atomic E-state index is 8.16. The number of unbranched alkanes of at least 4 members (excludes halogenated alkanes) is 1. The van der Waals surface area contributed by atoms with Gasteiger partial charge in [0.25, 0.3) is 5.69 Å². The lowest BCUT2D eigenvalue weighted by Gasteiger charge is -2.26. The number of anilines is 3. The highest BCUT2D eigenvalue weighted by atomic mass is 32.1. The SMILES string of the molecule is [C-]#[N+]c1c(C(C)(C)C)nn(-c2nc3ccccc3s2)c1N=Nc1c(C)cc(N(CCCC)c2nc3ccccc3s2)nc1N(CC)CC. The third kappa shape index (κ3) is 6.40. The summed E-state index contributed by atoms with van der Waals surface area (Å²) in [5, 5.41) is 16.2. The fourth-order valence-corrected chi connectivity index (χ4v) is 7.44. The average Bonchev–Trinajstić information content (AvgIpc) is 3.79. The highest BCUT2D eigenvalue weighted by molar-refractivity contribution is 7.22. The van der Waals surface area contributed by atoms with Gasteiger partial charge in [-0.1, -0.05) is 81.1 Å². The fraction of sp³-hybridized carbons (Fsp3) is 0.361. The molecule has 0 unspecified atom stereocenters. The topological polar surface area (TPSA) is 92.0 Å². The van der Waals surface area contributed by atoms with Crippen LogP contribution in [-0.2, 0) is 5.41 Å². The third-order valence-electron chi connectivity index (χ3n) is 8.11. The van der Waals surface area contributed by atoms with Crippen molar-refractivity contribution in [2.75, 3.05) is 29.4 Å². The third-order valence-corrected chi connectivity index (χ3v) is 10.2. The van der Waals surface area contributed by atoms with Crippen LogP contribution in [0.2, 0.25) is 0 Å². The van der Waals surface area contributed by atoms with Gasteiger partial charge in [-0.2, -0.15) is 9.78 Å². The number of para-hydroxylation sites is 2. The van der Waals surface area contributed by atoms with Crippen molar-refractivity contribution in [2.24, 2.45) is 10.2 Å². The summed E-state index contributed by atoms with van der Waals surface area (Å²) in [5.74, 6) is 1.94. The molecule has 0 atom stereocenters. The summed E-state index contributed by atoms with van der Waals surface area (Å²) in [4.78, 5) is 23.4. The van der Waals surface area contributed by atoms with Gasteiger partial charge in [-0.15, -0.1) is 10.2 Å². The normalized spacial score (nSPS) is 12.0. The number of benzene rings is 2. The predicted octanol–water partition coefficient (Wildman–Crippen LogP) is 10.8. The lowest BCUT2D eigenvalue weighted by Crippen LogP contribution is -2.25. The van der Waals surface area contributed by atoms with Gasteiger partial charge in [0.05, 0.1) is 32.7 Å². The summed E-state index contributed by atoms with van der Waals surface area (Å²) in [5.41, 5.74) is 4.09. The molecular weight excluding hydrogens is 637 g/mol. The first kappa shape index (κ1) is 33.2. The zero-order valence-corrected chi connectivity index (χ0v) is 30.2. The number of hydrogen-bond acceptors (Lipinski definition) is 10. The largest absolute Gasteiger partial charge is 0.355 e. The summed E-state index contributed by atoms with van der Waals surface area (Å²) in [7, 11) is 0. The molecule has 0 bridgehead atoms. The molecule has 0 N–H and O–H groups in total. The van der Waals surface area contributed by atoms with Gasteiger partial charge in [0, 0.05) is 19.6 Å². The van der Waals surface area contributed by atoms with E-state index < -0.39 is 0 Å². The van der Waals surface area contributed by atoms with Crippen LogP contribution in [0.25, 0.3) is 30.4 Å². The van der Waals surface area contributed by atoms with E-state index in [1.54, 1.807) is 16.0 Å². The molecule has 4 aromatic heterocycles. The summed E-state index contributed by atoms with van der Waals surface area (Å²) >= 11 is 3.19. The Kier molecular flexibility index (Phi) is 9.53. The van der Waals surface area contributed by atoms with Crippen molar-refractivity contribution >= 4 is 77.1 Å². The van der Waals surface area contributed by atoms with Crippen molar-refractivity contribution in [3.63, 3.8) is 0 Å². The number of aromatic nitrogens is 5. The van der Waals surface area contributed by atoms with Gasteiger partial charge < -0.3 is 9.80 Å². The first-order valence-electron chi connectivity index (χ1n) is 16.3. The molecule has 0 spiro atoms. The number of pyridine rings is 1. The molecule has 48 heavy (non-hydrogen) atoms. The van der Waals surface area contributed by atoms with Crippen LogP contribution in [0, 0.1) is 13.5 Å². The molecule has 4 heterocycles. The van der Waals surface area contributed by atoms with Gasteiger partial charge in [0.15, 0.2) is 16.8 Å². The Labute approximate surface area is 289 Å². The Morgan fingerprint density at radius 3 is 2.17 bits per heavy atom. The number of nitrogens with zero attached hydrogens (tertiary/aromatic N) is 10. The number of azo groups is 1. The summed E-state index contributed by atoms with van der Waals surface area (Å²) < 4.78 is 3.86.